The van der Waals surface area contributed by atoms with Gasteiger partial charge in [0, 0.05) is 6.20 Å². The number of carbonyl (C=O) groups is 1. The van der Waals surface area contributed by atoms with Crippen LogP contribution >= 0.6 is 11.6 Å². The molecule has 0 spiro atoms. The largest absolute Gasteiger partial charge is 0.465 e. The maximum atomic E-state index is 11.5. The van der Waals surface area contributed by atoms with Gasteiger partial charge in [-0.1, -0.05) is 11.6 Å². The van der Waals surface area contributed by atoms with Gasteiger partial charge < -0.3 is 9.14 Å². The first-order valence-corrected chi connectivity index (χ1v) is 6.15. The third kappa shape index (κ3) is 1.76. The average Bonchev–Trinajstić information content (AvgIpc) is 2.80. The van der Waals surface area contributed by atoms with E-state index in [1.165, 1.54) is 7.11 Å². The molecule has 3 rings (SSSR count). The van der Waals surface area contributed by atoms with Gasteiger partial charge in [0.2, 0.25) is 0 Å². The number of rotatable bonds is 1. The lowest BCUT2D eigenvalue weighted by Crippen LogP contribution is -2.02. The van der Waals surface area contributed by atoms with E-state index in [9.17, 15) is 4.79 Å². The SMILES string of the molecule is COC(=O)c1ccc2c(c1)nc(Cl)c1c(C)ccn12. The van der Waals surface area contributed by atoms with Gasteiger partial charge >= 0.3 is 5.97 Å². The molecule has 0 saturated carbocycles. The highest BCUT2D eigenvalue weighted by atomic mass is 35.5. The lowest BCUT2D eigenvalue weighted by molar-refractivity contribution is 0.0601. The van der Waals surface area contributed by atoms with Gasteiger partial charge in [-0.2, -0.15) is 0 Å². The second kappa shape index (κ2) is 4.24. The summed E-state index contributed by atoms with van der Waals surface area (Å²) in [6.45, 7) is 1.98. The molecule has 0 N–H and O–H groups in total. The van der Waals surface area contributed by atoms with Crippen molar-refractivity contribution in [1.82, 2.24) is 9.38 Å². The Balaban J connectivity index is 2.37. The first-order valence-electron chi connectivity index (χ1n) is 5.77. The van der Waals surface area contributed by atoms with Gasteiger partial charge in [0.05, 0.1) is 29.2 Å². The van der Waals surface area contributed by atoms with Crippen LogP contribution in [0.15, 0.2) is 30.5 Å². The van der Waals surface area contributed by atoms with Crippen molar-refractivity contribution in [3.8, 4) is 0 Å². The van der Waals surface area contributed by atoms with Crippen LogP contribution < -0.4 is 0 Å². The fraction of sp³-hybridized carbons (Fsp3) is 0.143. The van der Waals surface area contributed by atoms with Gasteiger partial charge in [-0.15, -0.1) is 0 Å². The smallest absolute Gasteiger partial charge is 0.337 e. The predicted molar refractivity (Wildman–Crippen MR) is 73.8 cm³/mol. The molecule has 0 aliphatic heterocycles. The van der Waals surface area contributed by atoms with Crippen LogP contribution in [0.4, 0.5) is 0 Å². The van der Waals surface area contributed by atoms with Gasteiger partial charge in [0.25, 0.3) is 0 Å². The van der Waals surface area contributed by atoms with E-state index in [0.29, 0.717) is 16.2 Å². The van der Waals surface area contributed by atoms with Crippen LogP contribution in [0.3, 0.4) is 0 Å². The van der Waals surface area contributed by atoms with Crippen molar-refractivity contribution < 1.29 is 9.53 Å². The van der Waals surface area contributed by atoms with Gasteiger partial charge in [-0.25, -0.2) is 9.78 Å². The van der Waals surface area contributed by atoms with Crippen LogP contribution in [-0.4, -0.2) is 22.5 Å². The number of esters is 1. The molecule has 0 radical (unpaired) electrons. The highest BCUT2D eigenvalue weighted by molar-refractivity contribution is 6.33. The van der Waals surface area contributed by atoms with Crippen molar-refractivity contribution in [2.75, 3.05) is 7.11 Å². The number of aryl methyl sites for hydroxylation is 1. The molecule has 5 heteroatoms. The number of halogens is 1. The fourth-order valence-electron chi connectivity index (χ4n) is 2.21. The molecular weight excluding hydrogens is 264 g/mol. The van der Waals surface area contributed by atoms with Crippen LogP contribution in [0.2, 0.25) is 5.15 Å². The number of hydrogen-bond acceptors (Lipinski definition) is 3. The first-order chi connectivity index (χ1) is 9.11. The maximum absolute atomic E-state index is 11.5. The average molecular weight is 275 g/mol. The Bertz CT molecular complexity index is 808. The molecule has 0 bridgehead atoms. The molecular formula is C14H11ClN2O2. The lowest BCUT2D eigenvalue weighted by atomic mass is 10.2. The van der Waals surface area contributed by atoms with Crippen molar-refractivity contribution in [2.45, 2.75) is 6.92 Å². The zero-order valence-electron chi connectivity index (χ0n) is 10.5. The Morgan fingerprint density at radius 1 is 1.37 bits per heavy atom. The fourth-order valence-corrected chi connectivity index (χ4v) is 2.54. The summed E-state index contributed by atoms with van der Waals surface area (Å²) >= 11 is 6.20. The summed E-state index contributed by atoms with van der Waals surface area (Å²) in [7, 11) is 1.35. The van der Waals surface area contributed by atoms with E-state index in [-0.39, 0.29) is 5.97 Å². The molecule has 19 heavy (non-hydrogen) atoms. The molecule has 0 amide bonds. The number of methoxy groups -OCH3 is 1. The molecule has 3 aromatic rings. The normalized spacial score (nSPS) is 11.1. The minimum atomic E-state index is -0.386. The highest BCUT2D eigenvalue weighted by Gasteiger charge is 2.12. The van der Waals surface area contributed by atoms with E-state index in [4.69, 9.17) is 16.3 Å². The van der Waals surface area contributed by atoms with Crippen molar-refractivity contribution in [2.24, 2.45) is 0 Å². The number of fused-ring (bicyclic) bond motifs is 3. The lowest BCUT2D eigenvalue weighted by Gasteiger charge is -2.06. The quantitative estimate of drug-likeness (QED) is 0.640. The minimum Gasteiger partial charge on any atom is -0.465 e. The van der Waals surface area contributed by atoms with Crippen LogP contribution in [0, 0.1) is 6.92 Å². The summed E-state index contributed by atoms with van der Waals surface area (Å²) in [5.74, 6) is -0.386. The Kier molecular flexibility index (Phi) is 2.68. The van der Waals surface area contributed by atoms with Gasteiger partial charge in [0.15, 0.2) is 5.15 Å². The molecule has 2 aromatic heterocycles. The Morgan fingerprint density at radius 3 is 2.89 bits per heavy atom. The van der Waals surface area contributed by atoms with Crippen LogP contribution in [-0.2, 0) is 4.74 Å². The number of carbonyl (C=O) groups excluding carboxylic acids is 1. The Hall–Kier alpha value is -2.07. The van der Waals surface area contributed by atoms with Gasteiger partial charge in [-0.3, -0.25) is 0 Å². The minimum absolute atomic E-state index is 0.386. The Labute approximate surface area is 114 Å². The summed E-state index contributed by atoms with van der Waals surface area (Å²) in [4.78, 5) is 15.9. The number of aromatic nitrogens is 2. The second-order valence-corrected chi connectivity index (χ2v) is 4.67. The number of hydrogen-bond donors (Lipinski definition) is 0. The zero-order chi connectivity index (χ0) is 13.6. The standard InChI is InChI=1S/C14H11ClN2O2/c1-8-5-6-17-11-4-3-9(14(18)19-2)7-10(11)16-13(15)12(8)17/h3-7H,1-2H3. The molecule has 0 saturated heterocycles. The van der Waals surface area contributed by atoms with Crippen molar-refractivity contribution in [3.63, 3.8) is 0 Å². The van der Waals surface area contributed by atoms with Crippen LogP contribution in [0.25, 0.3) is 16.6 Å². The van der Waals surface area contributed by atoms with Gasteiger partial charge in [0.1, 0.15) is 0 Å². The highest BCUT2D eigenvalue weighted by Crippen LogP contribution is 2.25. The van der Waals surface area contributed by atoms with E-state index in [1.807, 2.05) is 29.7 Å². The molecule has 1 aromatic carbocycles. The number of benzene rings is 1. The third-order valence-electron chi connectivity index (χ3n) is 3.16. The van der Waals surface area contributed by atoms with Crippen LogP contribution in [0.1, 0.15) is 15.9 Å². The summed E-state index contributed by atoms with van der Waals surface area (Å²) in [5, 5.41) is 0.428. The van der Waals surface area contributed by atoms with E-state index in [0.717, 1.165) is 16.6 Å². The number of ether oxygens (including phenoxy) is 1. The van der Waals surface area contributed by atoms with E-state index < -0.39 is 0 Å². The van der Waals surface area contributed by atoms with Crippen molar-refractivity contribution >= 4 is 34.1 Å². The third-order valence-corrected chi connectivity index (χ3v) is 3.42. The molecule has 0 aliphatic carbocycles. The molecule has 2 heterocycles. The molecule has 4 nitrogen and oxygen atoms in total. The molecule has 96 valence electrons. The molecule has 0 unspecified atom stereocenters. The summed E-state index contributed by atoms with van der Waals surface area (Å²) in [6, 6.07) is 7.23. The van der Waals surface area contributed by atoms with Crippen LogP contribution in [0.5, 0.6) is 0 Å². The summed E-state index contributed by atoms with van der Waals surface area (Å²) in [6.07, 6.45) is 1.94. The van der Waals surface area contributed by atoms with E-state index in [1.54, 1.807) is 12.1 Å². The monoisotopic (exact) mass is 274 g/mol. The van der Waals surface area contributed by atoms with E-state index in [2.05, 4.69) is 4.98 Å². The van der Waals surface area contributed by atoms with Crippen molar-refractivity contribution in [1.29, 1.82) is 0 Å². The Morgan fingerprint density at radius 2 is 2.16 bits per heavy atom. The second-order valence-electron chi connectivity index (χ2n) is 4.32. The summed E-state index contributed by atoms with van der Waals surface area (Å²) < 4.78 is 6.67. The predicted octanol–water partition coefficient (Wildman–Crippen LogP) is 3.24. The van der Waals surface area contributed by atoms with Crippen molar-refractivity contribution in [3.05, 3.63) is 46.7 Å². The first kappa shape index (κ1) is 12.0. The molecule has 0 aliphatic rings. The molecule has 0 atom stereocenters. The molecule has 0 fully saturated rings. The maximum Gasteiger partial charge on any atom is 0.337 e. The number of nitrogens with zero attached hydrogens (tertiary/aromatic N) is 2. The van der Waals surface area contributed by atoms with Gasteiger partial charge in [-0.05, 0) is 36.8 Å². The topological polar surface area (TPSA) is 43.6 Å². The zero-order valence-corrected chi connectivity index (χ0v) is 11.2. The summed E-state index contributed by atoms with van der Waals surface area (Å²) in [5.41, 5.74) is 3.98. The van der Waals surface area contributed by atoms with E-state index >= 15 is 0 Å².